The summed E-state index contributed by atoms with van der Waals surface area (Å²) in [5.74, 6) is 1.39. The maximum Gasteiger partial charge on any atom is 0.142 e. The maximum atomic E-state index is 7.29. The Morgan fingerprint density at radius 1 is 1.57 bits per heavy atom. The van der Waals surface area contributed by atoms with Crippen LogP contribution in [-0.4, -0.2) is 21.8 Å². The van der Waals surface area contributed by atoms with Crippen LogP contribution in [0, 0.1) is 12.3 Å². The van der Waals surface area contributed by atoms with Crippen molar-refractivity contribution >= 4 is 11.7 Å². The number of hydrogen-bond acceptors (Lipinski definition) is 4. The van der Waals surface area contributed by atoms with Crippen molar-refractivity contribution in [3.63, 3.8) is 0 Å². The second kappa shape index (κ2) is 3.25. The van der Waals surface area contributed by atoms with Crippen LogP contribution in [0.25, 0.3) is 0 Å². The second-order valence-corrected chi connectivity index (χ2v) is 3.52. The van der Waals surface area contributed by atoms with Gasteiger partial charge in [-0.3, -0.25) is 5.41 Å². The zero-order valence-corrected chi connectivity index (χ0v) is 8.04. The Hall–Kier alpha value is -1.65. The highest BCUT2D eigenvalue weighted by molar-refractivity contribution is 5.93. The van der Waals surface area contributed by atoms with Gasteiger partial charge in [-0.2, -0.15) is 0 Å². The standard InChI is InChI=1S/C9H13N5/c1-5-12-7(9(10)11)4-8(13-5)14-6-2-3-6/h4,6H,2-3H2,1H3,(H3,10,11)(H,12,13,14). The van der Waals surface area contributed by atoms with Gasteiger partial charge in [0.1, 0.15) is 23.2 Å². The Balaban J connectivity index is 2.25. The molecule has 74 valence electrons. The molecule has 1 aliphatic rings. The van der Waals surface area contributed by atoms with Crippen LogP contribution in [-0.2, 0) is 0 Å². The zero-order chi connectivity index (χ0) is 10.1. The van der Waals surface area contributed by atoms with Gasteiger partial charge in [0.05, 0.1) is 0 Å². The predicted octanol–water partition coefficient (Wildman–Crippen LogP) is 0.643. The van der Waals surface area contributed by atoms with Crippen LogP contribution >= 0.6 is 0 Å². The van der Waals surface area contributed by atoms with E-state index in [-0.39, 0.29) is 5.84 Å². The molecule has 1 fully saturated rings. The highest BCUT2D eigenvalue weighted by atomic mass is 15.1. The third kappa shape index (κ3) is 1.99. The molecule has 1 aromatic rings. The summed E-state index contributed by atoms with van der Waals surface area (Å²) in [5.41, 5.74) is 5.85. The van der Waals surface area contributed by atoms with Crippen LogP contribution in [0.4, 0.5) is 5.82 Å². The maximum absolute atomic E-state index is 7.29. The lowest BCUT2D eigenvalue weighted by atomic mass is 10.3. The summed E-state index contributed by atoms with van der Waals surface area (Å²) < 4.78 is 0. The molecule has 0 bridgehead atoms. The minimum Gasteiger partial charge on any atom is -0.382 e. The number of aryl methyl sites for hydroxylation is 1. The molecule has 0 spiro atoms. The van der Waals surface area contributed by atoms with E-state index in [0.717, 1.165) is 5.82 Å². The molecule has 0 unspecified atom stereocenters. The molecule has 1 heterocycles. The van der Waals surface area contributed by atoms with Crippen molar-refractivity contribution < 1.29 is 0 Å². The number of nitrogens with zero attached hydrogens (tertiary/aromatic N) is 2. The number of aromatic nitrogens is 2. The van der Waals surface area contributed by atoms with Crippen LogP contribution < -0.4 is 11.1 Å². The molecule has 1 aliphatic carbocycles. The number of nitrogens with one attached hydrogen (secondary N) is 2. The van der Waals surface area contributed by atoms with Crippen LogP contribution in [0.5, 0.6) is 0 Å². The number of nitrogens with two attached hydrogens (primary N) is 1. The van der Waals surface area contributed by atoms with Crippen molar-refractivity contribution in [1.29, 1.82) is 5.41 Å². The fourth-order valence-electron chi connectivity index (χ4n) is 1.22. The summed E-state index contributed by atoms with van der Waals surface area (Å²) in [6, 6.07) is 2.26. The van der Waals surface area contributed by atoms with Crippen molar-refractivity contribution in [2.75, 3.05) is 5.32 Å². The van der Waals surface area contributed by atoms with Crippen molar-refractivity contribution in [3.8, 4) is 0 Å². The summed E-state index contributed by atoms with van der Waals surface area (Å²) in [7, 11) is 0. The van der Waals surface area contributed by atoms with E-state index in [4.69, 9.17) is 11.1 Å². The zero-order valence-electron chi connectivity index (χ0n) is 8.04. The van der Waals surface area contributed by atoms with Crippen LogP contribution in [0.2, 0.25) is 0 Å². The van der Waals surface area contributed by atoms with Crippen LogP contribution in [0.3, 0.4) is 0 Å². The normalized spacial score (nSPS) is 15.2. The number of hydrogen-bond donors (Lipinski definition) is 3. The first kappa shape index (κ1) is 8.93. The molecule has 0 amide bonds. The molecule has 0 aliphatic heterocycles. The van der Waals surface area contributed by atoms with Crippen LogP contribution in [0.1, 0.15) is 24.4 Å². The monoisotopic (exact) mass is 191 g/mol. The third-order valence-corrected chi connectivity index (χ3v) is 2.04. The van der Waals surface area contributed by atoms with E-state index in [0.29, 0.717) is 17.6 Å². The van der Waals surface area contributed by atoms with E-state index in [1.54, 1.807) is 13.0 Å². The highest BCUT2D eigenvalue weighted by Crippen LogP contribution is 2.23. The molecule has 2 rings (SSSR count). The van der Waals surface area contributed by atoms with E-state index in [1.165, 1.54) is 12.8 Å². The molecular formula is C9H13N5. The smallest absolute Gasteiger partial charge is 0.142 e. The molecule has 0 aromatic carbocycles. The number of anilines is 1. The predicted molar refractivity (Wildman–Crippen MR) is 54.4 cm³/mol. The van der Waals surface area contributed by atoms with Gasteiger partial charge in [-0.15, -0.1) is 0 Å². The Morgan fingerprint density at radius 3 is 2.86 bits per heavy atom. The van der Waals surface area contributed by atoms with Crippen molar-refractivity contribution in [3.05, 3.63) is 17.6 Å². The number of rotatable bonds is 3. The average Bonchev–Trinajstić information content (AvgIpc) is 2.87. The number of nitrogen functional groups attached to an aromatic ring is 1. The van der Waals surface area contributed by atoms with Gasteiger partial charge in [0.2, 0.25) is 0 Å². The van der Waals surface area contributed by atoms with Crippen molar-refractivity contribution in [2.24, 2.45) is 5.73 Å². The molecule has 0 saturated heterocycles. The summed E-state index contributed by atoms with van der Waals surface area (Å²) in [5, 5.41) is 10.5. The minimum absolute atomic E-state index is 0.0191. The fourth-order valence-corrected chi connectivity index (χ4v) is 1.22. The molecule has 14 heavy (non-hydrogen) atoms. The Labute approximate surface area is 82.3 Å². The Kier molecular flexibility index (Phi) is 2.07. The van der Waals surface area contributed by atoms with Crippen LogP contribution in [0.15, 0.2) is 6.07 Å². The first-order chi connectivity index (χ1) is 6.65. The lowest BCUT2D eigenvalue weighted by Gasteiger charge is -2.06. The summed E-state index contributed by atoms with van der Waals surface area (Å²) in [6.07, 6.45) is 2.39. The van der Waals surface area contributed by atoms with E-state index in [9.17, 15) is 0 Å². The van der Waals surface area contributed by atoms with Gasteiger partial charge < -0.3 is 11.1 Å². The molecule has 1 aromatic heterocycles. The summed E-state index contributed by atoms with van der Waals surface area (Å²) >= 11 is 0. The van der Waals surface area contributed by atoms with Gasteiger partial charge in [-0.05, 0) is 19.8 Å². The van der Waals surface area contributed by atoms with Gasteiger partial charge in [0.15, 0.2) is 0 Å². The largest absolute Gasteiger partial charge is 0.382 e. The lowest BCUT2D eigenvalue weighted by molar-refractivity contribution is 1.01. The second-order valence-electron chi connectivity index (χ2n) is 3.52. The van der Waals surface area contributed by atoms with Crippen molar-refractivity contribution in [1.82, 2.24) is 9.97 Å². The van der Waals surface area contributed by atoms with E-state index < -0.39 is 0 Å². The molecule has 5 heteroatoms. The van der Waals surface area contributed by atoms with E-state index >= 15 is 0 Å². The third-order valence-electron chi connectivity index (χ3n) is 2.04. The minimum atomic E-state index is -0.0191. The SMILES string of the molecule is Cc1nc(NC2CC2)cc(C(=N)N)n1. The van der Waals surface area contributed by atoms with Gasteiger partial charge in [-0.25, -0.2) is 9.97 Å². The summed E-state index contributed by atoms with van der Waals surface area (Å²) in [6.45, 7) is 1.80. The first-order valence-corrected chi connectivity index (χ1v) is 4.62. The molecule has 0 atom stereocenters. The molecule has 0 radical (unpaired) electrons. The van der Waals surface area contributed by atoms with Gasteiger partial charge in [0, 0.05) is 12.1 Å². The van der Waals surface area contributed by atoms with E-state index in [1.807, 2.05) is 0 Å². The average molecular weight is 191 g/mol. The quantitative estimate of drug-likeness (QED) is 0.483. The number of amidine groups is 1. The van der Waals surface area contributed by atoms with Gasteiger partial charge >= 0.3 is 0 Å². The fraction of sp³-hybridized carbons (Fsp3) is 0.444. The van der Waals surface area contributed by atoms with Gasteiger partial charge in [0.25, 0.3) is 0 Å². The highest BCUT2D eigenvalue weighted by Gasteiger charge is 2.21. The molecule has 5 nitrogen and oxygen atoms in total. The summed E-state index contributed by atoms with van der Waals surface area (Å²) in [4.78, 5) is 8.28. The Morgan fingerprint density at radius 2 is 2.29 bits per heavy atom. The van der Waals surface area contributed by atoms with Gasteiger partial charge in [-0.1, -0.05) is 0 Å². The Bertz CT molecular complexity index is 369. The molecule has 4 N–H and O–H groups in total. The lowest BCUT2D eigenvalue weighted by Crippen LogP contribution is -2.15. The van der Waals surface area contributed by atoms with Crippen molar-refractivity contribution in [2.45, 2.75) is 25.8 Å². The topological polar surface area (TPSA) is 87.7 Å². The molecule has 1 saturated carbocycles. The molecular weight excluding hydrogens is 178 g/mol. The van der Waals surface area contributed by atoms with E-state index in [2.05, 4.69) is 15.3 Å². The first-order valence-electron chi connectivity index (χ1n) is 4.62.